The van der Waals surface area contributed by atoms with E-state index in [1.165, 1.54) is 0 Å². The number of nitrogens with one attached hydrogen (secondary N) is 2. The van der Waals surface area contributed by atoms with Crippen molar-refractivity contribution in [2.45, 2.75) is 0 Å². The number of anilines is 2. The van der Waals surface area contributed by atoms with E-state index in [2.05, 4.69) is 25.6 Å². The molecule has 106 valence electrons. The van der Waals surface area contributed by atoms with E-state index in [-0.39, 0.29) is 0 Å². The van der Waals surface area contributed by atoms with Gasteiger partial charge in [-0.1, -0.05) is 12.1 Å². The third kappa shape index (κ3) is 2.76. The van der Waals surface area contributed by atoms with Crippen molar-refractivity contribution in [1.29, 1.82) is 0 Å². The number of carbonyl (C=O) groups excluding carboxylic acids is 1. The number of carbonyl (C=O) groups is 1. The Balaban J connectivity index is 1.75. The van der Waals surface area contributed by atoms with Crippen LogP contribution in [0.15, 0.2) is 47.1 Å². The molecule has 0 unspecified atom stereocenters. The molecule has 0 saturated heterocycles. The van der Waals surface area contributed by atoms with Gasteiger partial charge < -0.3 is 15.4 Å². The summed E-state index contributed by atoms with van der Waals surface area (Å²) < 4.78 is 9.75. The van der Waals surface area contributed by atoms with Crippen LogP contribution < -0.4 is 15.4 Å². The normalized spacial score (nSPS) is 10.3. The highest BCUT2D eigenvalue weighted by Gasteiger charge is 2.09. The standard InChI is InChI=1S/C14H12N4O3/c1-20-10-5-2-4-9(8-10)15-14(19)16-11-6-3-7-12-13(11)18-21-17-12/h2-8H,1H3,(H2,15,16,19). The number of rotatable bonds is 3. The van der Waals surface area contributed by atoms with E-state index in [0.717, 1.165) is 0 Å². The summed E-state index contributed by atoms with van der Waals surface area (Å²) in [5, 5.41) is 12.9. The second-order valence-corrected chi connectivity index (χ2v) is 4.25. The first kappa shape index (κ1) is 12.9. The SMILES string of the molecule is COc1cccc(NC(=O)Nc2cccc3nonc23)c1. The number of amides is 2. The van der Waals surface area contributed by atoms with Gasteiger partial charge in [0, 0.05) is 11.8 Å². The fourth-order valence-electron chi connectivity index (χ4n) is 1.89. The van der Waals surface area contributed by atoms with Crippen LogP contribution in [0.25, 0.3) is 11.0 Å². The van der Waals surface area contributed by atoms with Crippen molar-refractivity contribution < 1.29 is 14.2 Å². The molecule has 2 N–H and O–H groups in total. The van der Waals surface area contributed by atoms with Gasteiger partial charge in [-0.3, -0.25) is 0 Å². The van der Waals surface area contributed by atoms with Crippen LogP contribution in [0.5, 0.6) is 5.75 Å². The smallest absolute Gasteiger partial charge is 0.323 e. The van der Waals surface area contributed by atoms with Gasteiger partial charge in [-0.25, -0.2) is 9.42 Å². The van der Waals surface area contributed by atoms with E-state index in [1.54, 1.807) is 49.6 Å². The molecule has 0 bridgehead atoms. The highest BCUT2D eigenvalue weighted by Crippen LogP contribution is 2.20. The molecule has 0 saturated carbocycles. The van der Waals surface area contributed by atoms with E-state index in [4.69, 9.17) is 4.74 Å². The molecule has 0 aliphatic rings. The monoisotopic (exact) mass is 284 g/mol. The number of benzene rings is 2. The van der Waals surface area contributed by atoms with Gasteiger partial charge in [-0.05, 0) is 34.6 Å². The molecule has 1 heterocycles. The summed E-state index contributed by atoms with van der Waals surface area (Å²) in [5.74, 6) is 0.663. The van der Waals surface area contributed by atoms with Gasteiger partial charge in [0.1, 0.15) is 11.3 Å². The van der Waals surface area contributed by atoms with E-state index >= 15 is 0 Å². The molecule has 0 atom stereocenters. The summed E-state index contributed by atoms with van der Waals surface area (Å²) in [6.07, 6.45) is 0. The average Bonchev–Trinajstić information content (AvgIpc) is 2.97. The number of methoxy groups -OCH3 is 1. The number of hydrogen-bond acceptors (Lipinski definition) is 5. The maximum absolute atomic E-state index is 12.0. The fraction of sp³-hybridized carbons (Fsp3) is 0.0714. The zero-order valence-corrected chi connectivity index (χ0v) is 11.2. The Kier molecular flexibility index (Phi) is 3.38. The van der Waals surface area contributed by atoms with E-state index in [0.29, 0.717) is 28.2 Å². The zero-order chi connectivity index (χ0) is 14.7. The number of urea groups is 1. The Bertz CT molecular complexity index is 784. The maximum atomic E-state index is 12.0. The topological polar surface area (TPSA) is 89.3 Å². The highest BCUT2D eigenvalue weighted by atomic mass is 16.6. The largest absolute Gasteiger partial charge is 0.497 e. The molecule has 0 spiro atoms. The Morgan fingerprint density at radius 1 is 1.14 bits per heavy atom. The first-order chi connectivity index (χ1) is 10.3. The van der Waals surface area contributed by atoms with Gasteiger partial charge in [0.25, 0.3) is 0 Å². The first-order valence-corrected chi connectivity index (χ1v) is 6.19. The highest BCUT2D eigenvalue weighted by molar-refractivity contribution is 6.04. The molecular weight excluding hydrogens is 272 g/mol. The van der Waals surface area contributed by atoms with Gasteiger partial charge in [0.15, 0.2) is 5.52 Å². The van der Waals surface area contributed by atoms with Gasteiger partial charge in [0.2, 0.25) is 0 Å². The number of ether oxygens (including phenoxy) is 1. The molecule has 7 heteroatoms. The van der Waals surface area contributed by atoms with E-state index in [9.17, 15) is 4.79 Å². The Morgan fingerprint density at radius 2 is 2.00 bits per heavy atom. The van der Waals surface area contributed by atoms with Crippen molar-refractivity contribution in [2.24, 2.45) is 0 Å². The van der Waals surface area contributed by atoms with Crippen LogP contribution in [-0.4, -0.2) is 23.5 Å². The van der Waals surface area contributed by atoms with Crippen molar-refractivity contribution in [3.63, 3.8) is 0 Å². The van der Waals surface area contributed by atoms with Crippen molar-refractivity contribution in [3.8, 4) is 5.75 Å². The Morgan fingerprint density at radius 3 is 2.86 bits per heavy atom. The first-order valence-electron chi connectivity index (χ1n) is 6.19. The zero-order valence-electron chi connectivity index (χ0n) is 11.2. The van der Waals surface area contributed by atoms with Crippen molar-refractivity contribution >= 4 is 28.4 Å². The third-order valence-electron chi connectivity index (χ3n) is 2.86. The van der Waals surface area contributed by atoms with Gasteiger partial charge >= 0.3 is 6.03 Å². The lowest BCUT2D eigenvalue weighted by Crippen LogP contribution is -2.19. The molecule has 3 aromatic rings. The fourth-order valence-corrected chi connectivity index (χ4v) is 1.89. The molecular formula is C14H12N4O3. The predicted octanol–water partition coefficient (Wildman–Crippen LogP) is 2.88. The predicted molar refractivity (Wildman–Crippen MR) is 77.4 cm³/mol. The summed E-state index contributed by atoms with van der Waals surface area (Å²) in [7, 11) is 1.57. The van der Waals surface area contributed by atoms with Crippen molar-refractivity contribution in [2.75, 3.05) is 17.7 Å². The maximum Gasteiger partial charge on any atom is 0.323 e. The molecule has 2 amide bonds. The average molecular weight is 284 g/mol. The van der Waals surface area contributed by atoms with Gasteiger partial charge in [-0.15, -0.1) is 0 Å². The molecule has 0 aliphatic heterocycles. The molecule has 0 fully saturated rings. The van der Waals surface area contributed by atoms with Crippen LogP contribution >= 0.6 is 0 Å². The summed E-state index contributed by atoms with van der Waals surface area (Å²) in [5.41, 5.74) is 2.22. The van der Waals surface area contributed by atoms with Crippen LogP contribution in [0.4, 0.5) is 16.2 Å². The molecule has 0 radical (unpaired) electrons. The van der Waals surface area contributed by atoms with Gasteiger partial charge in [-0.2, -0.15) is 0 Å². The quantitative estimate of drug-likeness (QED) is 0.772. The lowest BCUT2D eigenvalue weighted by molar-refractivity contribution is 0.262. The molecule has 21 heavy (non-hydrogen) atoms. The second-order valence-electron chi connectivity index (χ2n) is 4.25. The number of fused-ring (bicyclic) bond motifs is 1. The summed E-state index contributed by atoms with van der Waals surface area (Å²) in [4.78, 5) is 12.0. The second kappa shape index (κ2) is 5.49. The van der Waals surface area contributed by atoms with Crippen LogP contribution in [-0.2, 0) is 0 Å². The van der Waals surface area contributed by atoms with Crippen LogP contribution in [0, 0.1) is 0 Å². The summed E-state index contributed by atoms with van der Waals surface area (Å²) in [6, 6.07) is 11.9. The third-order valence-corrected chi connectivity index (χ3v) is 2.86. The molecule has 7 nitrogen and oxygen atoms in total. The summed E-state index contributed by atoms with van der Waals surface area (Å²) >= 11 is 0. The molecule has 0 aliphatic carbocycles. The van der Waals surface area contributed by atoms with Gasteiger partial charge in [0.05, 0.1) is 12.8 Å². The lowest BCUT2D eigenvalue weighted by atomic mass is 10.2. The number of hydrogen-bond donors (Lipinski definition) is 2. The van der Waals surface area contributed by atoms with Crippen LogP contribution in [0.2, 0.25) is 0 Å². The number of aromatic nitrogens is 2. The summed E-state index contributed by atoms with van der Waals surface area (Å²) in [6.45, 7) is 0. The minimum Gasteiger partial charge on any atom is -0.497 e. The van der Waals surface area contributed by atoms with Crippen LogP contribution in [0.1, 0.15) is 0 Å². The molecule has 2 aromatic carbocycles. The van der Waals surface area contributed by atoms with Crippen LogP contribution in [0.3, 0.4) is 0 Å². The minimum absolute atomic E-state index is 0.390. The Labute approximate surface area is 119 Å². The van der Waals surface area contributed by atoms with Crippen molar-refractivity contribution in [3.05, 3.63) is 42.5 Å². The Hall–Kier alpha value is -3.09. The molecule has 1 aromatic heterocycles. The number of nitrogens with zero attached hydrogens (tertiary/aromatic N) is 2. The van der Waals surface area contributed by atoms with Crippen molar-refractivity contribution in [1.82, 2.24) is 10.3 Å². The van der Waals surface area contributed by atoms with E-state index < -0.39 is 6.03 Å². The minimum atomic E-state index is -0.390. The van der Waals surface area contributed by atoms with E-state index in [1.807, 2.05) is 0 Å². The molecule has 3 rings (SSSR count). The lowest BCUT2D eigenvalue weighted by Gasteiger charge is -2.08.